The summed E-state index contributed by atoms with van der Waals surface area (Å²) >= 11 is 0. The maximum atomic E-state index is 11.1. The molecule has 1 aromatic heterocycles. The summed E-state index contributed by atoms with van der Waals surface area (Å²) < 4.78 is 5.20. The lowest BCUT2D eigenvalue weighted by atomic mass is 9.84. The molecule has 0 saturated carbocycles. The highest BCUT2D eigenvalue weighted by Crippen LogP contribution is 2.29. The third-order valence-electron chi connectivity index (χ3n) is 3.09. The van der Waals surface area contributed by atoms with E-state index in [1.807, 2.05) is 18.2 Å². The van der Waals surface area contributed by atoms with Crippen molar-refractivity contribution in [1.29, 1.82) is 0 Å². The van der Waals surface area contributed by atoms with Gasteiger partial charge in [-0.2, -0.15) is 0 Å². The van der Waals surface area contributed by atoms with Crippen molar-refractivity contribution in [3.63, 3.8) is 0 Å². The normalized spacial score (nSPS) is 13.7. The number of fused-ring (bicyclic) bond motifs is 1. The molecular formula is C13H16N2O3. The topological polar surface area (TPSA) is 89.4 Å². The summed E-state index contributed by atoms with van der Waals surface area (Å²) in [5.41, 5.74) is 7.49. The Morgan fingerprint density at radius 1 is 1.56 bits per heavy atom. The molecule has 1 unspecified atom stereocenters. The van der Waals surface area contributed by atoms with Crippen LogP contribution in [0.3, 0.4) is 0 Å². The largest absolute Gasteiger partial charge is 0.481 e. The maximum absolute atomic E-state index is 11.1. The fourth-order valence-electron chi connectivity index (χ4n) is 1.86. The van der Waals surface area contributed by atoms with Crippen LogP contribution in [0.1, 0.15) is 31.9 Å². The average Bonchev–Trinajstić information content (AvgIpc) is 2.74. The van der Waals surface area contributed by atoms with E-state index in [0.29, 0.717) is 12.0 Å². The smallest absolute Gasteiger partial charge is 0.309 e. The van der Waals surface area contributed by atoms with Crippen LogP contribution in [0.5, 0.6) is 0 Å². The highest BCUT2D eigenvalue weighted by molar-refractivity contribution is 5.74. The second-order valence-electron chi connectivity index (χ2n) is 5.08. The Morgan fingerprint density at radius 3 is 2.94 bits per heavy atom. The molecule has 1 heterocycles. The Morgan fingerprint density at radius 2 is 2.28 bits per heavy atom. The van der Waals surface area contributed by atoms with E-state index in [1.54, 1.807) is 13.8 Å². The van der Waals surface area contributed by atoms with Crippen LogP contribution in [0.25, 0.3) is 11.1 Å². The molecule has 0 amide bonds. The van der Waals surface area contributed by atoms with Gasteiger partial charge in [-0.1, -0.05) is 6.07 Å². The van der Waals surface area contributed by atoms with E-state index in [-0.39, 0.29) is 6.04 Å². The lowest BCUT2D eigenvalue weighted by Crippen LogP contribution is -2.28. The van der Waals surface area contributed by atoms with Crippen LogP contribution < -0.4 is 5.73 Å². The number of nitrogens with two attached hydrogens (primary N) is 1. The molecule has 5 nitrogen and oxygen atoms in total. The van der Waals surface area contributed by atoms with Gasteiger partial charge in [0, 0.05) is 6.04 Å². The maximum Gasteiger partial charge on any atom is 0.309 e. The lowest BCUT2D eigenvalue weighted by Gasteiger charge is -2.23. The Labute approximate surface area is 105 Å². The zero-order valence-electron chi connectivity index (χ0n) is 10.4. The van der Waals surface area contributed by atoms with Gasteiger partial charge in [0.05, 0.1) is 5.41 Å². The number of aliphatic carboxylic acids is 1. The van der Waals surface area contributed by atoms with Crippen molar-refractivity contribution in [1.82, 2.24) is 4.98 Å². The molecule has 2 rings (SSSR count). The number of hydrogen-bond donors (Lipinski definition) is 2. The van der Waals surface area contributed by atoms with Crippen LogP contribution in [0, 0.1) is 5.41 Å². The minimum absolute atomic E-state index is 0.342. The molecule has 5 heteroatoms. The quantitative estimate of drug-likeness (QED) is 0.866. The molecule has 0 saturated heterocycles. The first-order chi connectivity index (χ1) is 8.40. The average molecular weight is 248 g/mol. The number of oxazole rings is 1. The van der Waals surface area contributed by atoms with Crippen LogP contribution in [-0.4, -0.2) is 16.1 Å². The molecule has 0 radical (unpaired) electrons. The van der Waals surface area contributed by atoms with Gasteiger partial charge in [-0.05, 0) is 38.0 Å². The van der Waals surface area contributed by atoms with E-state index in [0.717, 1.165) is 11.1 Å². The zero-order valence-corrected chi connectivity index (χ0v) is 10.4. The second kappa shape index (κ2) is 4.42. The molecule has 1 atom stereocenters. The van der Waals surface area contributed by atoms with Crippen molar-refractivity contribution in [3.8, 4) is 0 Å². The Balaban J connectivity index is 2.22. The number of carboxylic acid groups (broad SMARTS) is 1. The van der Waals surface area contributed by atoms with Gasteiger partial charge in [-0.25, -0.2) is 4.98 Å². The first kappa shape index (κ1) is 12.6. The zero-order chi connectivity index (χ0) is 13.3. The van der Waals surface area contributed by atoms with Gasteiger partial charge >= 0.3 is 5.97 Å². The molecule has 0 fully saturated rings. The molecule has 96 valence electrons. The number of nitrogens with zero attached hydrogens (tertiary/aromatic N) is 1. The van der Waals surface area contributed by atoms with Crippen LogP contribution in [-0.2, 0) is 4.79 Å². The first-order valence-electron chi connectivity index (χ1n) is 5.72. The summed E-state index contributed by atoms with van der Waals surface area (Å²) in [4.78, 5) is 15.1. The summed E-state index contributed by atoms with van der Waals surface area (Å²) in [6.07, 6.45) is 1.74. The van der Waals surface area contributed by atoms with Crippen LogP contribution in [0.4, 0.5) is 0 Å². The summed E-state index contributed by atoms with van der Waals surface area (Å²) in [6, 6.07) is 5.14. The highest BCUT2D eigenvalue weighted by Gasteiger charge is 2.30. The van der Waals surface area contributed by atoms with Gasteiger partial charge in [0.2, 0.25) is 0 Å². The summed E-state index contributed by atoms with van der Waals surface area (Å²) in [6.45, 7) is 3.34. The van der Waals surface area contributed by atoms with Crippen molar-refractivity contribution in [2.45, 2.75) is 26.3 Å². The molecule has 18 heavy (non-hydrogen) atoms. The van der Waals surface area contributed by atoms with Gasteiger partial charge in [0.15, 0.2) is 12.0 Å². The van der Waals surface area contributed by atoms with Crippen molar-refractivity contribution >= 4 is 17.1 Å². The molecule has 0 spiro atoms. The van der Waals surface area contributed by atoms with Gasteiger partial charge in [0.25, 0.3) is 0 Å². The van der Waals surface area contributed by atoms with Crippen LogP contribution in [0.15, 0.2) is 29.0 Å². The molecule has 3 N–H and O–H groups in total. The molecule has 2 aromatic rings. The molecule has 0 aliphatic rings. The molecular weight excluding hydrogens is 232 g/mol. The molecule has 0 aliphatic carbocycles. The van der Waals surface area contributed by atoms with E-state index in [1.165, 1.54) is 6.39 Å². The molecule has 0 aliphatic heterocycles. The van der Waals surface area contributed by atoms with E-state index in [9.17, 15) is 4.79 Å². The van der Waals surface area contributed by atoms with Crippen molar-refractivity contribution in [2.75, 3.05) is 0 Å². The van der Waals surface area contributed by atoms with Gasteiger partial charge < -0.3 is 15.3 Å². The minimum Gasteiger partial charge on any atom is -0.481 e. The monoisotopic (exact) mass is 248 g/mol. The summed E-state index contributed by atoms with van der Waals surface area (Å²) in [5, 5.41) is 9.09. The fraction of sp³-hybridized carbons (Fsp3) is 0.385. The second-order valence-corrected chi connectivity index (χ2v) is 5.08. The first-order valence-corrected chi connectivity index (χ1v) is 5.72. The third kappa shape index (κ3) is 2.36. The predicted molar refractivity (Wildman–Crippen MR) is 67.0 cm³/mol. The predicted octanol–water partition coefficient (Wildman–Crippen LogP) is 2.33. The molecule has 1 aromatic carbocycles. The number of benzene rings is 1. The number of carboxylic acids is 1. The standard InChI is InChI=1S/C13H16N2O3/c1-13(2,12(16)17)6-9(14)8-3-4-10-11(5-8)18-7-15-10/h3-5,7,9H,6,14H2,1-2H3,(H,16,17). The number of aromatic nitrogens is 1. The highest BCUT2D eigenvalue weighted by atomic mass is 16.4. The van der Waals surface area contributed by atoms with Gasteiger partial charge in [-0.15, -0.1) is 0 Å². The minimum atomic E-state index is -0.851. The van der Waals surface area contributed by atoms with E-state index in [2.05, 4.69) is 4.98 Å². The van der Waals surface area contributed by atoms with Crippen molar-refractivity contribution in [2.24, 2.45) is 11.1 Å². The summed E-state index contributed by atoms with van der Waals surface area (Å²) in [5.74, 6) is -0.848. The van der Waals surface area contributed by atoms with Crippen LogP contribution >= 0.6 is 0 Å². The van der Waals surface area contributed by atoms with Gasteiger partial charge in [0.1, 0.15) is 5.52 Å². The van der Waals surface area contributed by atoms with Gasteiger partial charge in [-0.3, -0.25) is 4.79 Å². The Bertz CT molecular complexity index is 574. The SMILES string of the molecule is CC(C)(CC(N)c1ccc2ncoc2c1)C(=O)O. The molecule has 0 bridgehead atoms. The van der Waals surface area contributed by atoms with E-state index >= 15 is 0 Å². The van der Waals surface area contributed by atoms with Crippen molar-refractivity contribution in [3.05, 3.63) is 30.2 Å². The van der Waals surface area contributed by atoms with E-state index < -0.39 is 11.4 Å². The Hall–Kier alpha value is -1.88. The fourth-order valence-corrected chi connectivity index (χ4v) is 1.86. The number of hydrogen-bond acceptors (Lipinski definition) is 4. The lowest BCUT2D eigenvalue weighted by molar-refractivity contribution is -0.147. The Kier molecular flexibility index (Phi) is 3.09. The van der Waals surface area contributed by atoms with Crippen molar-refractivity contribution < 1.29 is 14.3 Å². The summed E-state index contributed by atoms with van der Waals surface area (Å²) in [7, 11) is 0. The van der Waals surface area contributed by atoms with E-state index in [4.69, 9.17) is 15.3 Å². The third-order valence-corrected chi connectivity index (χ3v) is 3.09. The number of carbonyl (C=O) groups is 1. The number of rotatable bonds is 4. The van der Waals surface area contributed by atoms with Crippen LogP contribution in [0.2, 0.25) is 0 Å².